The van der Waals surface area contributed by atoms with Gasteiger partial charge in [0.05, 0.1) is 15.7 Å². The van der Waals surface area contributed by atoms with Gasteiger partial charge in [0.2, 0.25) is 0 Å². The van der Waals surface area contributed by atoms with Gasteiger partial charge in [-0.25, -0.2) is 4.90 Å². The molecular weight excluding hydrogens is 509 g/mol. The molecule has 0 radical (unpaired) electrons. The van der Waals surface area contributed by atoms with Gasteiger partial charge in [-0.2, -0.15) is 0 Å². The lowest BCUT2D eigenvalue weighted by molar-refractivity contribution is -0.120. The Hall–Kier alpha value is -3.32. The Bertz CT molecular complexity index is 1350. The Balaban J connectivity index is 1.47. The fraction of sp³-hybridized carbons (Fsp3) is 0.115. The van der Waals surface area contributed by atoms with E-state index in [1.807, 2.05) is 24.3 Å². The highest BCUT2D eigenvalue weighted by molar-refractivity contribution is 6.54. The quantitative estimate of drug-likeness (QED) is 0.345. The molecule has 0 atom stereocenters. The number of carbonyl (C=O) groups excluding carboxylic acids is 3. The highest BCUT2D eigenvalue weighted by Crippen LogP contribution is 2.37. The van der Waals surface area contributed by atoms with Crippen molar-refractivity contribution in [3.05, 3.63) is 98.6 Å². The van der Waals surface area contributed by atoms with Crippen LogP contribution in [0.15, 0.2) is 77.5 Å². The zero-order valence-corrected chi connectivity index (χ0v) is 21.0. The van der Waals surface area contributed by atoms with Crippen molar-refractivity contribution >= 4 is 69.6 Å². The second kappa shape index (κ2) is 10.1. The number of imide groups is 1. The van der Waals surface area contributed by atoms with Crippen LogP contribution in [0.4, 0.5) is 17.1 Å². The molecular formula is C26H20Cl3N3O3. The first kappa shape index (κ1) is 24.8. The van der Waals surface area contributed by atoms with Crippen LogP contribution in [0.1, 0.15) is 35.7 Å². The van der Waals surface area contributed by atoms with Crippen molar-refractivity contribution in [2.45, 2.75) is 19.8 Å². The third-order valence-corrected chi connectivity index (χ3v) is 6.61. The van der Waals surface area contributed by atoms with Crippen LogP contribution >= 0.6 is 34.8 Å². The number of hydrogen-bond acceptors (Lipinski definition) is 4. The first-order chi connectivity index (χ1) is 16.7. The standard InChI is InChI=1S/C26H20Cl3N3O3/c1-14(2)15-6-10-18(11-7-15)31-24(33)16-8-12-17(13-9-16)30-23-22(29)25(34)32(26(23)35)20-5-3-4-19(27)21(20)28/h3-14,30H,1-2H3,(H,31,33). The van der Waals surface area contributed by atoms with Crippen molar-refractivity contribution in [3.63, 3.8) is 0 Å². The molecule has 9 heteroatoms. The third kappa shape index (κ3) is 5.05. The van der Waals surface area contributed by atoms with Gasteiger partial charge in [-0.15, -0.1) is 0 Å². The number of nitrogens with zero attached hydrogens (tertiary/aromatic N) is 1. The highest BCUT2D eigenvalue weighted by atomic mass is 35.5. The highest BCUT2D eigenvalue weighted by Gasteiger charge is 2.40. The average molecular weight is 529 g/mol. The number of nitrogens with one attached hydrogen (secondary N) is 2. The lowest BCUT2D eigenvalue weighted by Gasteiger charge is -2.17. The molecule has 4 rings (SSSR count). The summed E-state index contributed by atoms with van der Waals surface area (Å²) in [7, 11) is 0. The minimum atomic E-state index is -0.720. The van der Waals surface area contributed by atoms with Gasteiger partial charge in [0.25, 0.3) is 17.7 Å². The molecule has 0 spiro atoms. The van der Waals surface area contributed by atoms with Gasteiger partial charge < -0.3 is 10.6 Å². The number of benzene rings is 3. The molecule has 0 aliphatic carbocycles. The Kier molecular flexibility index (Phi) is 7.17. The molecule has 0 saturated carbocycles. The molecule has 0 aromatic heterocycles. The average Bonchev–Trinajstić information content (AvgIpc) is 3.05. The summed E-state index contributed by atoms with van der Waals surface area (Å²) >= 11 is 18.4. The van der Waals surface area contributed by atoms with Crippen LogP contribution in [0.5, 0.6) is 0 Å². The van der Waals surface area contributed by atoms with Crippen molar-refractivity contribution in [2.24, 2.45) is 0 Å². The second-order valence-electron chi connectivity index (χ2n) is 8.14. The Morgan fingerprint density at radius 1 is 0.829 bits per heavy atom. The Morgan fingerprint density at radius 2 is 1.46 bits per heavy atom. The number of anilines is 3. The normalized spacial score (nSPS) is 13.6. The lowest BCUT2D eigenvalue weighted by Crippen LogP contribution is -2.32. The van der Waals surface area contributed by atoms with E-state index in [2.05, 4.69) is 24.5 Å². The first-order valence-corrected chi connectivity index (χ1v) is 11.8. The maximum absolute atomic E-state index is 13.0. The summed E-state index contributed by atoms with van der Waals surface area (Å²) in [6.45, 7) is 4.21. The van der Waals surface area contributed by atoms with Gasteiger partial charge in [0.15, 0.2) is 0 Å². The van der Waals surface area contributed by atoms with Crippen molar-refractivity contribution in [1.82, 2.24) is 0 Å². The molecule has 0 bridgehead atoms. The molecule has 3 amide bonds. The topological polar surface area (TPSA) is 78.5 Å². The van der Waals surface area contributed by atoms with Crippen LogP contribution in [0.3, 0.4) is 0 Å². The second-order valence-corrected chi connectivity index (χ2v) is 9.30. The summed E-state index contributed by atoms with van der Waals surface area (Å²) < 4.78 is 0. The SMILES string of the molecule is CC(C)c1ccc(NC(=O)c2ccc(NC3=C(Cl)C(=O)N(c4cccc(Cl)c4Cl)C3=O)cc2)cc1. The van der Waals surface area contributed by atoms with Crippen molar-refractivity contribution in [1.29, 1.82) is 0 Å². The molecule has 178 valence electrons. The van der Waals surface area contributed by atoms with Crippen LogP contribution < -0.4 is 15.5 Å². The molecule has 0 saturated heterocycles. The molecule has 3 aromatic carbocycles. The van der Waals surface area contributed by atoms with E-state index in [1.54, 1.807) is 36.4 Å². The number of rotatable bonds is 6. The summed E-state index contributed by atoms with van der Waals surface area (Å²) in [6, 6.07) is 18.7. The number of hydrogen-bond donors (Lipinski definition) is 2. The van der Waals surface area contributed by atoms with E-state index in [0.717, 1.165) is 4.90 Å². The van der Waals surface area contributed by atoms with Crippen molar-refractivity contribution < 1.29 is 14.4 Å². The summed E-state index contributed by atoms with van der Waals surface area (Å²) in [6.07, 6.45) is 0. The van der Waals surface area contributed by atoms with Crippen LogP contribution in [0, 0.1) is 0 Å². The van der Waals surface area contributed by atoms with Gasteiger partial charge in [0, 0.05) is 16.9 Å². The monoisotopic (exact) mass is 527 g/mol. The molecule has 2 N–H and O–H groups in total. The number of amides is 3. The number of carbonyl (C=O) groups is 3. The van der Waals surface area contributed by atoms with Gasteiger partial charge in [-0.3, -0.25) is 14.4 Å². The molecule has 1 aliphatic heterocycles. The van der Waals surface area contributed by atoms with Gasteiger partial charge in [0.1, 0.15) is 10.7 Å². The smallest absolute Gasteiger partial charge is 0.283 e. The molecule has 0 fully saturated rings. The zero-order chi connectivity index (χ0) is 25.3. The summed E-state index contributed by atoms with van der Waals surface area (Å²) in [5, 5.41) is 5.70. The third-order valence-electron chi connectivity index (χ3n) is 5.45. The van der Waals surface area contributed by atoms with Crippen molar-refractivity contribution in [3.8, 4) is 0 Å². The van der Waals surface area contributed by atoms with Gasteiger partial charge in [-0.05, 0) is 60.0 Å². The summed E-state index contributed by atoms with van der Waals surface area (Å²) in [5.41, 5.74) is 2.80. The molecule has 35 heavy (non-hydrogen) atoms. The van der Waals surface area contributed by atoms with Crippen molar-refractivity contribution in [2.75, 3.05) is 15.5 Å². The lowest BCUT2D eigenvalue weighted by atomic mass is 10.0. The van der Waals surface area contributed by atoms with E-state index in [9.17, 15) is 14.4 Å². The fourth-order valence-electron chi connectivity index (χ4n) is 3.50. The van der Waals surface area contributed by atoms with Crippen LogP contribution in [0.25, 0.3) is 0 Å². The molecule has 1 aliphatic rings. The van der Waals surface area contributed by atoms with Crippen LogP contribution in [-0.4, -0.2) is 17.7 Å². The Morgan fingerprint density at radius 3 is 2.09 bits per heavy atom. The van der Waals surface area contributed by atoms with Gasteiger partial charge >= 0.3 is 0 Å². The maximum Gasteiger partial charge on any atom is 0.283 e. The minimum absolute atomic E-state index is 0.0656. The predicted molar refractivity (Wildman–Crippen MR) is 140 cm³/mol. The largest absolute Gasteiger partial charge is 0.350 e. The maximum atomic E-state index is 13.0. The fourth-order valence-corrected chi connectivity index (χ4v) is 4.09. The van der Waals surface area contributed by atoms with E-state index in [1.165, 1.54) is 11.6 Å². The van der Waals surface area contributed by atoms with Crippen LogP contribution in [-0.2, 0) is 9.59 Å². The molecule has 3 aromatic rings. The molecule has 6 nitrogen and oxygen atoms in total. The molecule has 0 unspecified atom stereocenters. The van der Waals surface area contributed by atoms with E-state index in [4.69, 9.17) is 34.8 Å². The van der Waals surface area contributed by atoms with E-state index >= 15 is 0 Å². The molecule has 1 heterocycles. The van der Waals surface area contributed by atoms with Crippen LogP contribution in [0.2, 0.25) is 10.0 Å². The first-order valence-electron chi connectivity index (χ1n) is 10.7. The predicted octanol–water partition coefficient (Wildman–Crippen LogP) is 6.80. The van der Waals surface area contributed by atoms with Gasteiger partial charge in [-0.1, -0.05) is 66.8 Å². The van der Waals surface area contributed by atoms with E-state index in [0.29, 0.717) is 22.9 Å². The minimum Gasteiger partial charge on any atom is -0.350 e. The Labute approximate surface area is 217 Å². The van der Waals surface area contributed by atoms with E-state index in [-0.39, 0.29) is 32.4 Å². The van der Waals surface area contributed by atoms with E-state index < -0.39 is 11.8 Å². The summed E-state index contributed by atoms with van der Waals surface area (Å²) in [4.78, 5) is 39.1. The number of halogens is 3. The zero-order valence-electron chi connectivity index (χ0n) is 18.7. The summed E-state index contributed by atoms with van der Waals surface area (Å²) in [5.74, 6) is -1.27.